The van der Waals surface area contributed by atoms with Gasteiger partial charge < -0.3 is 24.6 Å². The summed E-state index contributed by atoms with van der Waals surface area (Å²) in [4.78, 5) is 30.6. The molecule has 2 amide bonds. The Morgan fingerprint density at radius 1 is 0.395 bits per heavy atom. The fraction of sp³-hybridized carbons (Fsp3) is 0.765. The van der Waals surface area contributed by atoms with Gasteiger partial charge in [0.2, 0.25) is 0 Å². The second kappa shape index (κ2) is 148. The zero-order chi connectivity index (χ0) is 76.0. The van der Waals surface area contributed by atoms with Crippen LogP contribution in [0.4, 0.5) is 211 Å². The Kier molecular flexibility index (Phi) is 248. The minimum atomic E-state index is -0.464. The van der Waals surface area contributed by atoms with Crippen LogP contribution in [0.2, 0.25) is 0 Å². The lowest BCUT2D eigenvalue weighted by Crippen LogP contribution is -2.45. The molecule has 2 fully saturated rings. The lowest BCUT2D eigenvalue weighted by Gasteiger charge is -2.32. The Bertz CT molecular complexity index is 1070. The van der Waals surface area contributed by atoms with E-state index in [-0.39, 0.29) is 24.3 Å². The first kappa shape index (κ1) is 144. The molecular formula is C34H60F44N4O4. The van der Waals surface area contributed by atoms with E-state index < -0.39 is 11.2 Å². The molecule has 2 saturated heterocycles. The van der Waals surface area contributed by atoms with Crippen molar-refractivity contribution >= 4 is 12.2 Å². The molecule has 0 aliphatic carbocycles. The van der Waals surface area contributed by atoms with Crippen molar-refractivity contribution in [3.05, 3.63) is 35.9 Å². The second-order valence-electron chi connectivity index (χ2n) is 14.8. The number of likely N-dealkylation sites (N-methyl/N-ethyl adjacent to an activating group) is 2. The van der Waals surface area contributed by atoms with Crippen molar-refractivity contribution in [1.29, 1.82) is 0 Å². The largest absolute Gasteiger partial charge is 0.444 e. The minimum Gasteiger partial charge on any atom is -0.444 e. The number of hydrogen-bond donors (Lipinski definition) is 1. The average molecular weight is 1420 g/mol. The van der Waals surface area contributed by atoms with Crippen molar-refractivity contribution < 1.29 is 220 Å². The smallest absolute Gasteiger partial charge is 0.410 e. The van der Waals surface area contributed by atoms with Gasteiger partial charge in [-0.2, -0.15) is 0 Å². The maximum absolute atomic E-state index is 12.5. The fourth-order valence-corrected chi connectivity index (χ4v) is 5.89. The van der Waals surface area contributed by atoms with Gasteiger partial charge in [0.05, 0.1) is 12.1 Å². The highest BCUT2D eigenvalue weighted by molar-refractivity contribution is 5.68. The normalized spacial score (nSPS) is 13.2. The molecule has 0 unspecified atom stereocenters. The van der Waals surface area contributed by atoms with E-state index in [1.54, 1.807) is 4.90 Å². The lowest BCUT2D eigenvalue weighted by molar-refractivity contribution is 0.0170. The Labute approximate surface area is 458 Å². The zero-order valence-corrected chi connectivity index (χ0v) is 45.4. The predicted molar refractivity (Wildman–Crippen MR) is 220 cm³/mol. The van der Waals surface area contributed by atoms with Gasteiger partial charge in [0, 0.05) is 248 Å². The van der Waals surface area contributed by atoms with Crippen molar-refractivity contribution in [2.45, 2.75) is 105 Å². The van der Waals surface area contributed by atoms with Gasteiger partial charge in [-0.25, -0.2) is 9.59 Å². The lowest BCUT2D eigenvalue weighted by atomic mass is 9.90. The number of nitrogens with one attached hydrogen (secondary N) is 1. The number of carbonyl (C=O) groups excluding carboxylic acids is 2. The summed E-state index contributed by atoms with van der Waals surface area (Å²) < 4.78 is 363. The van der Waals surface area contributed by atoms with Crippen LogP contribution in [0.5, 0.6) is 0 Å². The van der Waals surface area contributed by atoms with Crippen molar-refractivity contribution in [2.24, 2.45) is 23.7 Å². The van der Waals surface area contributed by atoms with Crippen LogP contribution in [-0.4, -0.2) is 90.4 Å². The number of hydrogen-bond acceptors (Lipinski definition) is 6. The second-order valence-corrected chi connectivity index (χ2v) is 14.8. The number of rotatable bonds is 6. The number of carbonyl (C=O) groups is 2. The molecule has 8 nitrogen and oxygen atoms in total. The third-order valence-electron chi connectivity index (χ3n) is 8.49. The van der Waals surface area contributed by atoms with Gasteiger partial charge in [-0.05, 0) is 77.7 Å². The third kappa shape index (κ3) is 107. The molecule has 3 rings (SSSR count). The fourth-order valence-electron chi connectivity index (χ4n) is 5.89. The molecule has 2 aliphatic heterocycles. The van der Waals surface area contributed by atoms with Gasteiger partial charge in [-0.3, -0.25) is 4.90 Å². The molecule has 0 bridgehead atoms. The standard InChI is InChI=1S/C21H34N2O2.C13H26N2O2.22F2/c1-15(2)18-13-23(16(3)17-11-9-8-10-12-17)14-19(18)22(7)20(24)25-21(4,5)6;1-9(2)10-7-14-8-11(10)15(6)12(16)17-13(3,4)5;22*1-2/h8-12,15-16,18-19H,13-14H2,1-7H3;9-11,14H,7-8H2,1-6H3;;;;;;;;;;;;;;;;;;;;;;/t16-,18-,19-;10-,11-;;;;;;;;;;;;;;;;;;;;;;/m11....................../s1. The topological polar surface area (TPSA) is 74.4 Å². The van der Waals surface area contributed by atoms with E-state index in [9.17, 15) is 9.59 Å². The maximum atomic E-state index is 12.5. The Hall–Kier alpha value is -5.40. The molecule has 1 aromatic carbocycles. The van der Waals surface area contributed by atoms with E-state index in [1.807, 2.05) is 60.5 Å². The molecule has 0 radical (unpaired) electrons. The number of benzene rings is 1. The molecule has 0 saturated carbocycles. The Morgan fingerprint density at radius 2 is 0.628 bits per heavy atom. The van der Waals surface area contributed by atoms with Crippen LogP contribution in [0.15, 0.2) is 30.3 Å². The Morgan fingerprint density at radius 3 is 0.849 bits per heavy atom. The molecule has 0 spiro atoms. The van der Waals surface area contributed by atoms with E-state index in [0.717, 1.165) is 26.2 Å². The summed E-state index contributed by atoms with van der Waals surface area (Å²) in [6, 6.07) is 11.4. The number of amides is 2. The predicted octanol–water partition coefficient (Wildman–Crippen LogP) is 25.2. The van der Waals surface area contributed by atoms with Crippen LogP contribution in [0.3, 0.4) is 0 Å². The first-order chi connectivity index (χ1) is 41.3. The quantitative estimate of drug-likeness (QED) is 0.286. The van der Waals surface area contributed by atoms with Crippen LogP contribution in [0.1, 0.15) is 87.8 Å². The zero-order valence-electron chi connectivity index (χ0n) is 45.4. The van der Waals surface area contributed by atoms with Crippen LogP contribution in [0, 0.1) is 23.7 Å². The van der Waals surface area contributed by atoms with Crippen molar-refractivity contribution in [3.63, 3.8) is 0 Å². The van der Waals surface area contributed by atoms with Gasteiger partial charge in [-0.1, -0.05) is 58.0 Å². The molecule has 548 valence electrons. The van der Waals surface area contributed by atoms with Gasteiger partial charge in [0.25, 0.3) is 0 Å². The van der Waals surface area contributed by atoms with Gasteiger partial charge in [-0.15, -0.1) is 0 Å². The number of likely N-dealkylation sites (tertiary alicyclic amines) is 1. The summed E-state index contributed by atoms with van der Waals surface area (Å²) in [5.74, 6) is 2.04. The first-order valence-corrected chi connectivity index (χ1v) is 18.9. The van der Waals surface area contributed by atoms with Crippen molar-refractivity contribution in [2.75, 3.05) is 40.3 Å². The number of ether oxygens (including phenoxy) is 2. The molecule has 2 aliphatic rings. The van der Waals surface area contributed by atoms with Crippen LogP contribution in [0.25, 0.3) is 0 Å². The van der Waals surface area contributed by atoms with E-state index in [2.05, 4.69) is 75.2 Å². The number of nitrogens with zero attached hydrogens (tertiary/aromatic N) is 3. The molecular weight excluding hydrogens is 1360 g/mol. The van der Waals surface area contributed by atoms with Crippen molar-refractivity contribution in [1.82, 2.24) is 20.0 Å². The summed E-state index contributed by atoms with van der Waals surface area (Å²) in [7, 11) is 3.71. The van der Waals surface area contributed by atoms with Crippen LogP contribution >= 0.6 is 0 Å². The van der Waals surface area contributed by atoms with E-state index >= 15 is 0 Å². The summed E-state index contributed by atoms with van der Waals surface area (Å²) in [6.45, 7) is 26.3. The summed E-state index contributed by atoms with van der Waals surface area (Å²) in [5.41, 5.74) is 0.435. The highest BCUT2D eigenvalue weighted by Gasteiger charge is 2.41. The molecule has 86 heavy (non-hydrogen) atoms. The number of halogens is 44. The van der Waals surface area contributed by atoms with Crippen LogP contribution < -0.4 is 5.32 Å². The molecule has 5 atom stereocenters. The summed E-state index contributed by atoms with van der Waals surface area (Å²) in [6.07, 6.45) is -0.450. The third-order valence-corrected chi connectivity index (χ3v) is 8.49. The van der Waals surface area contributed by atoms with Crippen LogP contribution in [-0.2, 0) is 9.47 Å². The Balaban J connectivity index is -0.0000000320. The van der Waals surface area contributed by atoms with Crippen molar-refractivity contribution in [3.8, 4) is 0 Å². The molecule has 1 aromatic rings. The highest BCUT2D eigenvalue weighted by atomic mass is 20.0. The molecule has 52 heteroatoms. The molecule has 0 aromatic heterocycles. The monoisotopic (exact) mass is 1420 g/mol. The average Bonchev–Trinajstić information content (AvgIpc) is 4.30. The van der Waals surface area contributed by atoms with E-state index in [0.29, 0.717) is 29.7 Å². The van der Waals surface area contributed by atoms with E-state index in [4.69, 9.17) is 211 Å². The van der Waals surface area contributed by atoms with E-state index in [1.165, 1.54) is 5.56 Å². The minimum absolute atomic E-state index is 0.181. The molecule has 2 heterocycles. The van der Waals surface area contributed by atoms with Gasteiger partial charge in [0.1, 0.15) is 11.2 Å². The summed E-state index contributed by atoms with van der Waals surface area (Å²) >= 11 is 0. The molecule has 1 N–H and O–H groups in total. The van der Waals surface area contributed by atoms with Gasteiger partial charge >= 0.3 is 12.2 Å². The summed E-state index contributed by atoms with van der Waals surface area (Å²) in [5, 5.41) is 3.35. The highest BCUT2D eigenvalue weighted by Crippen LogP contribution is 2.34. The maximum Gasteiger partial charge on any atom is 0.410 e. The first-order valence-electron chi connectivity index (χ1n) is 18.9. The SMILES string of the molecule is CC(C)[C@H]1CN([C@H](C)c2ccccc2)C[C@H]1N(C)C(=O)OC(C)(C)C.CC(C)[C@H]1CNC[C@H]1N(C)C(=O)OC(C)(C)C.FF.FF.FF.FF.FF.FF.FF.FF.FF.FF.FF.FF.FF.FF.FF.FF.FF.FF.FF.FF.FF.FF. The van der Waals surface area contributed by atoms with Gasteiger partial charge in [0.15, 0.2) is 0 Å².